The number of hydrogen-bond donors (Lipinski definition) is 3. The van der Waals surface area contributed by atoms with E-state index in [0.717, 1.165) is 19.3 Å². The molecule has 98 valence electrons. The van der Waals surface area contributed by atoms with Gasteiger partial charge in [0.1, 0.15) is 6.04 Å². The highest BCUT2D eigenvalue weighted by molar-refractivity contribution is 5.82. The number of nitrogens with zero attached hydrogens (tertiary/aromatic N) is 1. The van der Waals surface area contributed by atoms with Crippen molar-refractivity contribution in [1.29, 1.82) is 0 Å². The molecule has 1 saturated heterocycles. The van der Waals surface area contributed by atoms with E-state index in [4.69, 9.17) is 10.2 Å². The van der Waals surface area contributed by atoms with Crippen LogP contribution in [0.4, 0.5) is 4.79 Å². The average molecular weight is 244 g/mol. The maximum absolute atomic E-state index is 11.9. The SMILES string of the molecule is C[C@H](NC(=O)N1CCCCC1CCO)C(=O)O. The first-order valence-corrected chi connectivity index (χ1v) is 5.97. The van der Waals surface area contributed by atoms with Gasteiger partial charge in [0.25, 0.3) is 0 Å². The maximum Gasteiger partial charge on any atom is 0.325 e. The molecule has 1 rings (SSSR count). The Hall–Kier alpha value is -1.30. The van der Waals surface area contributed by atoms with Gasteiger partial charge < -0.3 is 20.4 Å². The van der Waals surface area contributed by atoms with Crippen molar-refractivity contribution in [3.8, 4) is 0 Å². The minimum atomic E-state index is -1.05. The molecule has 1 unspecified atom stereocenters. The van der Waals surface area contributed by atoms with Crippen molar-refractivity contribution >= 4 is 12.0 Å². The van der Waals surface area contributed by atoms with Crippen molar-refractivity contribution in [3.05, 3.63) is 0 Å². The molecule has 2 atom stereocenters. The number of aliphatic hydroxyl groups is 1. The van der Waals surface area contributed by atoms with Crippen molar-refractivity contribution < 1.29 is 19.8 Å². The number of carbonyl (C=O) groups is 2. The molecule has 0 spiro atoms. The lowest BCUT2D eigenvalue weighted by molar-refractivity contribution is -0.138. The number of amides is 2. The fourth-order valence-electron chi connectivity index (χ4n) is 2.05. The van der Waals surface area contributed by atoms with Crippen molar-refractivity contribution in [1.82, 2.24) is 10.2 Å². The largest absolute Gasteiger partial charge is 0.480 e. The molecular formula is C11H20N2O4. The second kappa shape index (κ2) is 6.44. The zero-order valence-electron chi connectivity index (χ0n) is 10.1. The number of carboxylic acid groups (broad SMARTS) is 1. The highest BCUT2D eigenvalue weighted by Crippen LogP contribution is 2.19. The molecule has 1 fully saturated rings. The Labute approximate surface area is 101 Å². The number of carbonyl (C=O) groups excluding carboxylic acids is 1. The van der Waals surface area contributed by atoms with E-state index in [1.165, 1.54) is 6.92 Å². The summed E-state index contributed by atoms with van der Waals surface area (Å²) in [6, 6.07) is -1.22. The number of aliphatic carboxylic acids is 1. The highest BCUT2D eigenvalue weighted by atomic mass is 16.4. The summed E-state index contributed by atoms with van der Waals surface area (Å²) in [5.41, 5.74) is 0. The van der Waals surface area contributed by atoms with Gasteiger partial charge in [-0.1, -0.05) is 0 Å². The van der Waals surface area contributed by atoms with Crippen LogP contribution < -0.4 is 5.32 Å². The van der Waals surface area contributed by atoms with E-state index in [-0.39, 0.29) is 18.7 Å². The summed E-state index contributed by atoms with van der Waals surface area (Å²) in [4.78, 5) is 24.2. The molecule has 0 radical (unpaired) electrons. The monoisotopic (exact) mass is 244 g/mol. The van der Waals surface area contributed by atoms with Gasteiger partial charge in [0, 0.05) is 19.2 Å². The molecule has 0 aromatic rings. The molecule has 6 nitrogen and oxygen atoms in total. The van der Waals surface area contributed by atoms with E-state index in [2.05, 4.69) is 5.32 Å². The molecule has 1 aliphatic heterocycles. The molecule has 0 saturated carbocycles. The molecule has 2 amide bonds. The Morgan fingerprint density at radius 3 is 2.76 bits per heavy atom. The first-order valence-electron chi connectivity index (χ1n) is 5.97. The van der Waals surface area contributed by atoms with Gasteiger partial charge in [0.05, 0.1) is 0 Å². The van der Waals surface area contributed by atoms with E-state index >= 15 is 0 Å². The third kappa shape index (κ3) is 3.89. The topological polar surface area (TPSA) is 89.9 Å². The molecule has 0 aliphatic carbocycles. The number of aliphatic hydroxyl groups excluding tert-OH is 1. The normalized spacial score (nSPS) is 22.0. The Morgan fingerprint density at radius 2 is 2.18 bits per heavy atom. The molecule has 1 heterocycles. The van der Waals surface area contributed by atoms with E-state index in [1.54, 1.807) is 4.90 Å². The number of nitrogens with one attached hydrogen (secondary N) is 1. The van der Waals surface area contributed by atoms with E-state index in [9.17, 15) is 9.59 Å². The average Bonchev–Trinajstić information content (AvgIpc) is 2.29. The summed E-state index contributed by atoms with van der Waals surface area (Å²) in [7, 11) is 0. The third-order valence-corrected chi connectivity index (χ3v) is 3.06. The lowest BCUT2D eigenvalue weighted by atomic mass is 10.00. The third-order valence-electron chi connectivity index (χ3n) is 3.06. The molecule has 17 heavy (non-hydrogen) atoms. The van der Waals surface area contributed by atoms with Crippen LogP contribution in [-0.2, 0) is 4.79 Å². The Morgan fingerprint density at radius 1 is 1.47 bits per heavy atom. The summed E-state index contributed by atoms with van der Waals surface area (Å²) in [5.74, 6) is -1.05. The number of likely N-dealkylation sites (tertiary alicyclic amines) is 1. The fourth-order valence-corrected chi connectivity index (χ4v) is 2.05. The van der Waals surface area contributed by atoms with E-state index < -0.39 is 12.0 Å². The molecule has 1 aliphatic rings. The molecule has 0 aromatic carbocycles. The number of carboxylic acids is 1. The zero-order valence-corrected chi connectivity index (χ0v) is 10.1. The minimum Gasteiger partial charge on any atom is -0.480 e. The summed E-state index contributed by atoms with van der Waals surface area (Å²) >= 11 is 0. The van der Waals surface area contributed by atoms with Crippen LogP contribution in [0.5, 0.6) is 0 Å². The number of urea groups is 1. The van der Waals surface area contributed by atoms with Crippen molar-refractivity contribution in [2.45, 2.75) is 44.7 Å². The Balaban J connectivity index is 2.55. The summed E-state index contributed by atoms with van der Waals surface area (Å²) in [6.07, 6.45) is 3.39. The predicted octanol–water partition coefficient (Wildman–Crippen LogP) is 0.406. The lowest BCUT2D eigenvalue weighted by Crippen LogP contribution is -2.52. The molecule has 0 aromatic heterocycles. The quantitative estimate of drug-likeness (QED) is 0.668. The van der Waals surface area contributed by atoms with Gasteiger partial charge in [-0.3, -0.25) is 4.79 Å². The Bertz CT molecular complexity index is 281. The van der Waals surface area contributed by atoms with Crippen molar-refractivity contribution in [2.24, 2.45) is 0 Å². The van der Waals surface area contributed by atoms with Crippen molar-refractivity contribution in [2.75, 3.05) is 13.2 Å². The van der Waals surface area contributed by atoms with Crippen LogP contribution in [0.3, 0.4) is 0 Å². The molecule has 0 bridgehead atoms. The van der Waals surface area contributed by atoms with E-state index in [0.29, 0.717) is 13.0 Å². The van der Waals surface area contributed by atoms with Crippen LogP contribution in [0.1, 0.15) is 32.6 Å². The number of hydrogen-bond acceptors (Lipinski definition) is 3. The van der Waals surface area contributed by atoms with Gasteiger partial charge in [0.2, 0.25) is 0 Å². The minimum absolute atomic E-state index is 0.0229. The van der Waals surface area contributed by atoms with Crippen LogP contribution in [-0.4, -0.2) is 52.3 Å². The van der Waals surface area contributed by atoms with E-state index in [1.807, 2.05) is 0 Å². The fraction of sp³-hybridized carbons (Fsp3) is 0.818. The second-order valence-corrected chi connectivity index (χ2v) is 4.36. The Kier molecular flexibility index (Phi) is 5.21. The van der Waals surface area contributed by atoms with Gasteiger partial charge in [-0.15, -0.1) is 0 Å². The highest BCUT2D eigenvalue weighted by Gasteiger charge is 2.27. The first kappa shape index (κ1) is 13.8. The summed E-state index contributed by atoms with van der Waals surface area (Å²) < 4.78 is 0. The van der Waals surface area contributed by atoms with Crippen molar-refractivity contribution in [3.63, 3.8) is 0 Å². The first-order chi connectivity index (χ1) is 8.06. The maximum atomic E-state index is 11.9. The second-order valence-electron chi connectivity index (χ2n) is 4.36. The van der Waals surface area contributed by atoms with Crippen LogP contribution in [0, 0.1) is 0 Å². The van der Waals surface area contributed by atoms with Gasteiger partial charge >= 0.3 is 12.0 Å². The standard InChI is InChI=1S/C11H20N2O4/c1-8(10(15)16)12-11(17)13-6-3-2-4-9(13)5-7-14/h8-9,14H,2-7H2,1H3,(H,12,17)(H,15,16)/t8-,9?/m0/s1. The lowest BCUT2D eigenvalue weighted by Gasteiger charge is -2.35. The zero-order chi connectivity index (χ0) is 12.8. The predicted molar refractivity (Wildman–Crippen MR) is 61.7 cm³/mol. The summed E-state index contributed by atoms with van der Waals surface area (Å²) in [6.45, 7) is 2.11. The van der Waals surface area contributed by atoms with Gasteiger partial charge in [-0.2, -0.15) is 0 Å². The molecule has 3 N–H and O–H groups in total. The smallest absolute Gasteiger partial charge is 0.325 e. The van der Waals surface area contributed by atoms with Crippen LogP contribution in [0.25, 0.3) is 0 Å². The number of rotatable bonds is 4. The van der Waals surface area contributed by atoms with Gasteiger partial charge in [-0.25, -0.2) is 4.79 Å². The summed E-state index contributed by atoms with van der Waals surface area (Å²) in [5, 5.41) is 20.1. The van der Waals surface area contributed by atoms with Gasteiger partial charge in [-0.05, 0) is 32.6 Å². The van der Waals surface area contributed by atoms with Crippen LogP contribution in [0.15, 0.2) is 0 Å². The van der Waals surface area contributed by atoms with Crippen LogP contribution in [0.2, 0.25) is 0 Å². The molecular weight excluding hydrogens is 224 g/mol. The van der Waals surface area contributed by atoms with Gasteiger partial charge in [0.15, 0.2) is 0 Å². The molecule has 6 heteroatoms. The van der Waals surface area contributed by atoms with Crippen LogP contribution >= 0.6 is 0 Å². The number of piperidine rings is 1.